The zero-order valence-corrected chi connectivity index (χ0v) is 12.0. The predicted molar refractivity (Wildman–Crippen MR) is 71.0 cm³/mol. The lowest BCUT2D eigenvalue weighted by Gasteiger charge is -2.22. The third-order valence-corrected chi connectivity index (χ3v) is 3.16. The second kappa shape index (κ2) is 8.39. The smallest absolute Gasteiger partial charge is 0.407 e. The highest BCUT2D eigenvalue weighted by atomic mass is 16.5. The average Bonchev–Trinajstić information content (AvgIpc) is 2.93. The van der Waals surface area contributed by atoms with Crippen molar-refractivity contribution < 1.29 is 23.9 Å². The van der Waals surface area contributed by atoms with Crippen LogP contribution in [0.5, 0.6) is 0 Å². The molecule has 2 amide bonds. The fourth-order valence-corrected chi connectivity index (χ4v) is 2.06. The number of hydrogen-bond acceptors (Lipinski definition) is 5. The number of likely N-dealkylation sites (tertiary alicyclic amines) is 1. The SMILES string of the molecule is CCCCOC(=O)NCC(=O)N1CCCC1C(=O)OC. The van der Waals surface area contributed by atoms with Gasteiger partial charge in [0.05, 0.1) is 13.7 Å². The number of carbonyl (C=O) groups is 3. The molecule has 1 rings (SSSR count). The molecule has 0 aromatic carbocycles. The fraction of sp³-hybridized carbons (Fsp3) is 0.769. The summed E-state index contributed by atoms with van der Waals surface area (Å²) in [6.07, 6.45) is 2.46. The zero-order chi connectivity index (χ0) is 15.0. The largest absolute Gasteiger partial charge is 0.467 e. The van der Waals surface area contributed by atoms with Gasteiger partial charge in [0.15, 0.2) is 0 Å². The minimum Gasteiger partial charge on any atom is -0.467 e. The summed E-state index contributed by atoms with van der Waals surface area (Å²) < 4.78 is 9.54. The molecule has 0 aliphatic carbocycles. The summed E-state index contributed by atoms with van der Waals surface area (Å²) in [5.41, 5.74) is 0. The molecule has 7 heteroatoms. The number of hydrogen-bond donors (Lipinski definition) is 1. The average molecular weight is 286 g/mol. The summed E-state index contributed by atoms with van der Waals surface area (Å²) in [6, 6.07) is -0.537. The molecule has 0 spiro atoms. The number of amides is 2. The van der Waals surface area contributed by atoms with E-state index in [0.29, 0.717) is 19.6 Å². The van der Waals surface area contributed by atoms with Crippen molar-refractivity contribution in [3.8, 4) is 0 Å². The van der Waals surface area contributed by atoms with Gasteiger partial charge in [-0.1, -0.05) is 13.3 Å². The van der Waals surface area contributed by atoms with Crippen molar-refractivity contribution in [3.05, 3.63) is 0 Å². The minimum absolute atomic E-state index is 0.168. The third kappa shape index (κ3) is 4.71. The monoisotopic (exact) mass is 286 g/mol. The van der Waals surface area contributed by atoms with Crippen molar-refractivity contribution >= 4 is 18.0 Å². The van der Waals surface area contributed by atoms with Crippen LogP contribution in [0.3, 0.4) is 0 Å². The number of esters is 1. The van der Waals surface area contributed by atoms with Crippen LogP contribution in [0.2, 0.25) is 0 Å². The van der Waals surface area contributed by atoms with Gasteiger partial charge in [-0.2, -0.15) is 0 Å². The summed E-state index contributed by atoms with van der Waals surface area (Å²) in [6.45, 7) is 2.67. The highest BCUT2D eigenvalue weighted by Gasteiger charge is 2.34. The van der Waals surface area contributed by atoms with Gasteiger partial charge in [-0.15, -0.1) is 0 Å². The summed E-state index contributed by atoms with van der Waals surface area (Å²) in [4.78, 5) is 36.2. The summed E-state index contributed by atoms with van der Waals surface area (Å²) >= 11 is 0. The van der Waals surface area contributed by atoms with Crippen molar-refractivity contribution in [1.82, 2.24) is 10.2 Å². The van der Waals surface area contributed by atoms with E-state index in [0.717, 1.165) is 19.3 Å². The second-order valence-corrected chi connectivity index (χ2v) is 4.61. The lowest BCUT2D eigenvalue weighted by molar-refractivity contribution is -0.150. The van der Waals surface area contributed by atoms with Gasteiger partial charge >= 0.3 is 12.1 Å². The van der Waals surface area contributed by atoms with E-state index in [1.165, 1.54) is 12.0 Å². The van der Waals surface area contributed by atoms with E-state index >= 15 is 0 Å². The maximum absolute atomic E-state index is 12.0. The number of alkyl carbamates (subject to hydrolysis) is 1. The Hall–Kier alpha value is -1.79. The predicted octanol–water partition coefficient (Wildman–Crippen LogP) is 0.677. The van der Waals surface area contributed by atoms with E-state index in [1.54, 1.807) is 0 Å². The molecule has 1 saturated heterocycles. The Morgan fingerprint density at radius 1 is 1.35 bits per heavy atom. The van der Waals surface area contributed by atoms with Crippen LogP contribution in [0.15, 0.2) is 0 Å². The molecule has 1 atom stereocenters. The van der Waals surface area contributed by atoms with E-state index in [2.05, 4.69) is 10.1 Å². The van der Waals surface area contributed by atoms with Crippen molar-refractivity contribution in [2.45, 2.75) is 38.6 Å². The van der Waals surface area contributed by atoms with E-state index in [9.17, 15) is 14.4 Å². The summed E-state index contributed by atoms with van der Waals surface area (Å²) in [7, 11) is 1.30. The number of rotatable bonds is 6. The molecule has 7 nitrogen and oxygen atoms in total. The summed E-state index contributed by atoms with van der Waals surface area (Å²) in [5.74, 6) is -0.716. The molecule has 0 radical (unpaired) electrons. The van der Waals surface area contributed by atoms with Gasteiger partial charge in [-0.25, -0.2) is 9.59 Å². The third-order valence-electron chi connectivity index (χ3n) is 3.16. The van der Waals surface area contributed by atoms with Gasteiger partial charge in [-0.3, -0.25) is 4.79 Å². The van der Waals surface area contributed by atoms with Crippen LogP contribution in [0, 0.1) is 0 Å². The molecule has 1 fully saturated rings. The fourth-order valence-electron chi connectivity index (χ4n) is 2.06. The number of ether oxygens (including phenoxy) is 2. The van der Waals surface area contributed by atoms with Crippen LogP contribution < -0.4 is 5.32 Å². The lowest BCUT2D eigenvalue weighted by Crippen LogP contribution is -2.46. The van der Waals surface area contributed by atoms with Crippen LogP contribution in [-0.2, 0) is 19.1 Å². The van der Waals surface area contributed by atoms with E-state index in [-0.39, 0.29) is 12.5 Å². The molecule has 1 aliphatic heterocycles. The molecule has 0 aromatic rings. The van der Waals surface area contributed by atoms with Crippen molar-refractivity contribution in [2.75, 3.05) is 26.8 Å². The van der Waals surface area contributed by atoms with E-state index < -0.39 is 18.1 Å². The molecular formula is C13H22N2O5. The maximum atomic E-state index is 12.0. The number of nitrogens with zero attached hydrogens (tertiary/aromatic N) is 1. The molecular weight excluding hydrogens is 264 g/mol. The van der Waals surface area contributed by atoms with Gasteiger partial charge in [0.1, 0.15) is 12.6 Å². The normalized spacial score (nSPS) is 17.7. The topological polar surface area (TPSA) is 84.9 Å². The Bertz CT molecular complexity index is 359. The van der Waals surface area contributed by atoms with Crippen molar-refractivity contribution in [2.24, 2.45) is 0 Å². The van der Waals surface area contributed by atoms with E-state index in [4.69, 9.17) is 4.74 Å². The Balaban J connectivity index is 2.34. The molecule has 0 saturated carbocycles. The van der Waals surface area contributed by atoms with Gasteiger partial charge in [0.25, 0.3) is 0 Å². The Labute approximate surface area is 118 Å². The van der Waals surface area contributed by atoms with Crippen LogP contribution in [-0.4, -0.2) is 55.7 Å². The van der Waals surface area contributed by atoms with Crippen molar-refractivity contribution in [1.29, 1.82) is 0 Å². The van der Waals surface area contributed by atoms with Crippen LogP contribution in [0.1, 0.15) is 32.6 Å². The molecule has 0 bridgehead atoms. The van der Waals surface area contributed by atoms with Gasteiger partial charge in [0, 0.05) is 6.54 Å². The highest BCUT2D eigenvalue weighted by Crippen LogP contribution is 2.18. The molecule has 114 valence electrons. The minimum atomic E-state index is -0.611. The first-order valence-corrected chi connectivity index (χ1v) is 6.88. The van der Waals surface area contributed by atoms with Crippen LogP contribution >= 0.6 is 0 Å². The number of methoxy groups -OCH3 is 1. The van der Waals surface area contributed by atoms with Gasteiger partial charge in [-0.05, 0) is 19.3 Å². The molecule has 1 N–H and O–H groups in total. The second-order valence-electron chi connectivity index (χ2n) is 4.61. The molecule has 1 aliphatic rings. The number of carbonyl (C=O) groups excluding carboxylic acids is 3. The maximum Gasteiger partial charge on any atom is 0.407 e. The van der Waals surface area contributed by atoms with Gasteiger partial charge < -0.3 is 19.7 Å². The first-order valence-electron chi connectivity index (χ1n) is 6.88. The standard InChI is InChI=1S/C13H22N2O5/c1-3-4-8-20-13(18)14-9-11(16)15-7-5-6-10(15)12(17)19-2/h10H,3-9H2,1-2H3,(H,14,18). The lowest BCUT2D eigenvalue weighted by atomic mass is 10.2. The first kappa shape index (κ1) is 16.3. The molecule has 1 unspecified atom stereocenters. The van der Waals surface area contributed by atoms with E-state index in [1.807, 2.05) is 6.92 Å². The van der Waals surface area contributed by atoms with Crippen molar-refractivity contribution in [3.63, 3.8) is 0 Å². The summed E-state index contributed by atoms with van der Waals surface area (Å²) in [5, 5.41) is 2.39. The molecule has 20 heavy (non-hydrogen) atoms. The Kier molecular flexibility index (Phi) is 6.83. The zero-order valence-electron chi connectivity index (χ0n) is 12.0. The Morgan fingerprint density at radius 3 is 2.75 bits per heavy atom. The first-order chi connectivity index (χ1) is 9.60. The Morgan fingerprint density at radius 2 is 2.10 bits per heavy atom. The molecule has 0 aromatic heterocycles. The number of nitrogens with one attached hydrogen (secondary N) is 1. The quantitative estimate of drug-likeness (QED) is 0.573. The van der Waals surface area contributed by atoms with Gasteiger partial charge in [0.2, 0.25) is 5.91 Å². The van der Waals surface area contributed by atoms with Crippen LogP contribution in [0.4, 0.5) is 4.79 Å². The van der Waals surface area contributed by atoms with Crippen LogP contribution in [0.25, 0.3) is 0 Å². The highest BCUT2D eigenvalue weighted by molar-refractivity contribution is 5.87. The number of unbranched alkanes of at least 4 members (excludes halogenated alkanes) is 1. The molecule has 1 heterocycles.